The Morgan fingerprint density at radius 3 is 2.93 bits per heavy atom. The number of hydrogen-bond donors (Lipinski definition) is 2. The molecule has 1 fully saturated rings. The van der Waals surface area contributed by atoms with E-state index in [1.165, 1.54) is 0 Å². The van der Waals surface area contributed by atoms with Crippen molar-refractivity contribution in [1.82, 2.24) is 20.0 Å². The van der Waals surface area contributed by atoms with Gasteiger partial charge in [-0.3, -0.25) is 9.67 Å². The minimum Gasteiger partial charge on any atom is -0.385 e. The van der Waals surface area contributed by atoms with Crippen LogP contribution in [-0.2, 0) is 11.8 Å². The van der Waals surface area contributed by atoms with Crippen molar-refractivity contribution >= 4 is 11.6 Å². The first-order chi connectivity index (χ1) is 13.3. The highest BCUT2D eigenvalue weighted by atomic mass is 16.5. The third-order valence-electron chi connectivity index (χ3n) is 4.50. The molecule has 1 aliphatic rings. The van der Waals surface area contributed by atoms with Gasteiger partial charge in [0, 0.05) is 50.7 Å². The summed E-state index contributed by atoms with van der Waals surface area (Å²) in [4.78, 5) is 7.10. The fraction of sp³-hybridized carbons (Fsp3) is 0.500. The minimum absolute atomic E-state index is 0.0380. The van der Waals surface area contributed by atoms with Crippen molar-refractivity contribution in [3.8, 4) is 0 Å². The minimum atomic E-state index is 0.0380. The first kappa shape index (κ1) is 19.2. The molecular formula is C20H30N6O. The Morgan fingerprint density at radius 2 is 2.19 bits per heavy atom. The van der Waals surface area contributed by atoms with Gasteiger partial charge in [0.25, 0.3) is 0 Å². The number of hydrogen-bond acceptors (Lipinski definition) is 4. The molecule has 0 radical (unpaired) electrons. The molecule has 0 aliphatic carbocycles. The molecule has 27 heavy (non-hydrogen) atoms. The summed E-state index contributed by atoms with van der Waals surface area (Å²) in [6.07, 6.45) is 4.93. The Hall–Kier alpha value is -2.54. The first-order valence-electron chi connectivity index (χ1n) is 9.68. The number of guanidine groups is 1. The number of aliphatic imine (C=N–C) groups is 1. The third-order valence-corrected chi connectivity index (χ3v) is 4.50. The van der Waals surface area contributed by atoms with E-state index in [0.717, 1.165) is 56.4 Å². The monoisotopic (exact) mass is 370 g/mol. The highest BCUT2D eigenvalue weighted by Crippen LogP contribution is 2.21. The smallest absolute Gasteiger partial charge is 0.194 e. The van der Waals surface area contributed by atoms with E-state index in [1.54, 1.807) is 0 Å². The van der Waals surface area contributed by atoms with E-state index in [9.17, 15) is 0 Å². The van der Waals surface area contributed by atoms with E-state index in [2.05, 4.69) is 39.7 Å². The maximum atomic E-state index is 5.94. The summed E-state index contributed by atoms with van der Waals surface area (Å²) in [6.45, 7) is 7.00. The second kappa shape index (κ2) is 9.97. The van der Waals surface area contributed by atoms with Crippen LogP contribution in [0.25, 0.3) is 0 Å². The lowest BCUT2D eigenvalue weighted by atomic mass is 10.1. The van der Waals surface area contributed by atoms with Gasteiger partial charge >= 0.3 is 0 Å². The molecule has 2 heterocycles. The molecule has 146 valence electrons. The highest BCUT2D eigenvalue weighted by Gasteiger charge is 2.25. The largest absolute Gasteiger partial charge is 0.385 e. The van der Waals surface area contributed by atoms with Crippen molar-refractivity contribution in [3.05, 3.63) is 48.3 Å². The van der Waals surface area contributed by atoms with Crippen LogP contribution in [0.15, 0.2) is 47.7 Å². The zero-order valence-corrected chi connectivity index (χ0v) is 16.3. The van der Waals surface area contributed by atoms with Crippen LogP contribution in [0.4, 0.5) is 5.69 Å². The number of aryl methyl sites for hydroxylation is 1. The van der Waals surface area contributed by atoms with Crippen LogP contribution >= 0.6 is 0 Å². The van der Waals surface area contributed by atoms with Gasteiger partial charge in [0.2, 0.25) is 0 Å². The fourth-order valence-corrected chi connectivity index (χ4v) is 3.13. The van der Waals surface area contributed by atoms with Gasteiger partial charge < -0.3 is 20.3 Å². The van der Waals surface area contributed by atoms with Crippen molar-refractivity contribution in [1.29, 1.82) is 0 Å². The molecule has 0 amide bonds. The van der Waals surface area contributed by atoms with Crippen LogP contribution < -0.4 is 10.6 Å². The molecule has 3 rings (SSSR count). The molecule has 1 atom stereocenters. The zero-order valence-electron chi connectivity index (χ0n) is 16.3. The van der Waals surface area contributed by atoms with Crippen LogP contribution in [0.3, 0.4) is 0 Å². The van der Waals surface area contributed by atoms with Crippen LogP contribution in [0.1, 0.15) is 25.0 Å². The molecule has 2 N–H and O–H groups in total. The Morgan fingerprint density at radius 1 is 1.33 bits per heavy atom. The third kappa shape index (κ3) is 5.72. The predicted molar refractivity (Wildman–Crippen MR) is 109 cm³/mol. The predicted octanol–water partition coefficient (Wildman–Crippen LogP) is 2.26. The zero-order chi connectivity index (χ0) is 18.9. The number of morpholine rings is 1. The Bertz CT molecular complexity index is 714. The molecule has 7 heteroatoms. The van der Waals surface area contributed by atoms with Gasteiger partial charge in [0.05, 0.1) is 19.3 Å². The SMILES string of the molecule is CCNC(=NCCCNc1ccccc1)N1CCOC(c2cnn(C)c2)C1. The summed E-state index contributed by atoms with van der Waals surface area (Å²) in [7, 11) is 1.93. The van der Waals surface area contributed by atoms with E-state index in [4.69, 9.17) is 9.73 Å². The summed E-state index contributed by atoms with van der Waals surface area (Å²) >= 11 is 0. The molecule has 2 aromatic rings. The summed E-state index contributed by atoms with van der Waals surface area (Å²) in [5.74, 6) is 0.967. The Balaban J connectivity index is 1.51. The van der Waals surface area contributed by atoms with Crippen molar-refractivity contribution in [2.45, 2.75) is 19.4 Å². The Kier molecular flexibility index (Phi) is 7.10. The topological polar surface area (TPSA) is 66.7 Å². The molecular weight excluding hydrogens is 340 g/mol. The maximum Gasteiger partial charge on any atom is 0.194 e. The van der Waals surface area contributed by atoms with Crippen LogP contribution in [0, 0.1) is 0 Å². The summed E-state index contributed by atoms with van der Waals surface area (Å²) in [5.41, 5.74) is 2.27. The lowest BCUT2D eigenvalue weighted by Gasteiger charge is -2.34. The van der Waals surface area contributed by atoms with Gasteiger partial charge in [-0.05, 0) is 25.5 Å². The highest BCUT2D eigenvalue weighted by molar-refractivity contribution is 5.80. The van der Waals surface area contributed by atoms with E-state index < -0.39 is 0 Å². The molecule has 1 unspecified atom stereocenters. The second-order valence-corrected chi connectivity index (χ2v) is 6.63. The maximum absolute atomic E-state index is 5.94. The molecule has 1 aromatic carbocycles. The molecule has 1 aliphatic heterocycles. The fourth-order valence-electron chi connectivity index (χ4n) is 3.13. The van der Waals surface area contributed by atoms with Gasteiger partial charge in [0.1, 0.15) is 6.10 Å². The standard InChI is InChI=1S/C20H30N6O/c1-3-21-20(23-11-7-10-22-18-8-5-4-6-9-18)26-12-13-27-19(16-26)17-14-24-25(2)15-17/h4-6,8-9,14-15,19,22H,3,7,10-13,16H2,1-2H3,(H,21,23). The van der Waals surface area contributed by atoms with Crippen LogP contribution in [-0.4, -0.2) is 60.0 Å². The quantitative estimate of drug-likeness (QED) is 0.445. The van der Waals surface area contributed by atoms with Gasteiger partial charge in [-0.1, -0.05) is 18.2 Å². The van der Waals surface area contributed by atoms with Gasteiger partial charge in [-0.2, -0.15) is 5.10 Å². The number of nitrogens with one attached hydrogen (secondary N) is 2. The van der Waals surface area contributed by atoms with Crippen LogP contribution in [0.5, 0.6) is 0 Å². The molecule has 7 nitrogen and oxygen atoms in total. The average molecular weight is 371 g/mol. The van der Waals surface area contributed by atoms with E-state index in [1.807, 2.05) is 42.3 Å². The van der Waals surface area contributed by atoms with E-state index in [0.29, 0.717) is 6.61 Å². The average Bonchev–Trinajstić information content (AvgIpc) is 3.14. The normalized spacial score (nSPS) is 17.8. The van der Waals surface area contributed by atoms with Crippen LogP contribution in [0.2, 0.25) is 0 Å². The van der Waals surface area contributed by atoms with Gasteiger partial charge in [0.15, 0.2) is 5.96 Å². The number of ether oxygens (including phenoxy) is 1. The molecule has 1 aromatic heterocycles. The first-order valence-corrected chi connectivity index (χ1v) is 9.68. The van der Waals surface area contributed by atoms with Crippen molar-refractivity contribution in [2.24, 2.45) is 12.0 Å². The summed E-state index contributed by atoms with van der Waals surface area (Å²) in [6, 6.07) is 10.3. The number of aromatic nitrogens is 2. The van der Waals surface area contributed by atoms with Gasteiger partial charge in [-0.25, -0.2) is 0 Å². The number of rotatable bonds is 7. The number of anilines is 1. The van der Waals surface area contributed by atoms with Crippen molar-refractivity contribution in [3.63, 3.8) is 0 Å². The van der Waals surface area contributed by atoms with Crippen molar-refractivity contribution in [2.75, 3.05) is 44.6 Å². The number of para-hydroxylation sites is 1. The number of benzene rings is 1. The van der Waals surface area contributed by atoms with Crippen molar-refractivity contribution < 1.29 is 4.74 Å². The summed E-state index contributed by atoms with van der Waals surface area (Å²) in [5, 5.41) is 11.1. The van der Waals surface area contributed by atoms with Gasteiger partial charge in [-0.15, -0.1) is 0 Å². The Labute approximate surface area is 161 Å². The molecule has 0 saturated carbocycles. The molecule has 0 bridgehead atoms. The van der Waals surface area contributed by atoms with E-state index >= 15 is 0 Å². The lowest BCUT2D eigenvalue weighted by molar-refractivity contribution is -0.00803. The van der Waals surface area contributed by atoms with E-state index in [-0.39, 0.29) is 6.10 Å². The summed E-state index contributed by atoms with van der Waals surface area (Å²) < 4.78 is 7.76. The lowest BCUT2D eigenvalue weighted by Crippen LogP contribution is -2.48. The second-order valence-electron chi connectivity index (χ2n) is 6.63. The molecule has 1 saturated heterocycles. The molecule has 0 spiro atoms. The number of nitrogens with zero attached hydrogens (tertiary/aromatic N) is 4.